The standard InChI is InChI=1S/C66H94N6O15S2/c1-37(44-15-16-45-55-46(20-23-66(44,45)8)65(7)22-19-42(73)32-41(65)33-50(55)74)13-18-53(76)68-48(61(80)81)12-10-11-24-67-52(75)21-28-85-30-31-86-29-27-72(26-25-71(9)54(77)35-64(5,6)56-40(4)57(78)38(2)39(3)58(56)79)63(84)87-43-14-17-47-51(34-43)89-60(69-47)59-70-49(36-88-59)62(82)83/h14,17,34,37,41-42,44-46,48-50,55,73-74,78-79H,3-4,10-13,15-16,18-33,35-36H2,1-2,5-9H3,(H,67,75)(H,68,76)(H,80,81)(H,82,83)/t37-,41+,42-,44-,45+,46+,48?,49?,50+,55+,65+,66-/m1/s1. The average molecular weight is 1280 g/mol. The molecule has 0 bridgehead atoms. The summed E-state index contributed by atoms with van der Waals surface area (Å²) in [6.07, 6.45) is 8.60. The summed E-state index contributed by atoms with van der Waals surface area (Å²) in [6, 6.07) is 3.08. The van der Waals surface area contributed by atoms with Gasteiger partial charge in [-0.05, 0) is 142 Å². The molecule has 4 fully saturated rings. The summed E-state index contributed by atoms with van der Waals surface area (Å²) in [7, 11) is 1.60. The fourth-order valence-electron chi connectivity index (χ4n) is 15.5. The number of carboxylic acid groups (broad SMARTS) is 2. The van der Waals surface area contributed by atoms with Crippen molar-refractivity contribution in [2.75, 3.05) is 65.4 Å². The fraction of sp³-hybridized carbons (Fsp3) is 0.667. The van der Waals surface area contributed by atoms with Crippen molar-refractivity contribution in [2.24, 2.45) is 51.3 Å². The lowest BCUT2D eigenvalue weighted by Crippen LogP contribution is -2.58. The van der Waals surface area contributed by atoms with Gasteiger partial charge in [-0.3, -0.25) is 19.4 Å². The number of unbranched alkanes of at least 4 members (excludes halogenated alkanes) is 1. The van der Waals surface area contributed by atoms with Crippen LogP contribution in [0.2, 0.25) is 0 Å². The highest BCUT2D eigenvalue weighted by Gasteiger charge is 2.63. The number of aromatic hydroxyl groups is 2. The number of likely N-dealkylation sites (N-methyl/N-ethyl adjacent to an activating group) is 1. The monoisotopic (exact) mass is 1270 g/mol. The third-order valence-electron chi connectivity index (χ3n) is 20.7. The molecule has 0 spiro atoms. The second-order valence-corrected chi connectivity index (χ2v) is 28.9. The van der Waals surface area contributed by atoms with Gasteiger partial charge < -0.3 is 65.3 Å². The van der Waals surface area contributed by atoms with Crippen LogP contribution in [-0.2, 0) is 38.9 Å². The molecular weight excluding hydrogens is 1180 g/mol. The number of rotatable bonds is 29. The summed E-state index contributed by atoms with van der Waals surface area (Å²) in [5.74, 6) is -0.388. The molecule has 3 aromatic rings. The number of nitrogens with one attached hydrogen (secondary N) is 2. The minimum absolute atomic E-state index is 0.0479. The maximum atomic E-state index is 13.9. The van der Waals surface area contributed by atoms with Crippen LogP contribution >= 0.6 is 23.1 Å². The van der Waals surface area contributed by atoms with Crippen molar-refractivity contribution in [1.29, 1.82) is 0 Å². The minimum Gasteiger partial charge on any atom is -0.507 e. The summed E-state index contributed by atoms with van der Waals surface area (Å²) < 4.78 is 18.0. The molecule has 89 heavy (non-hydrogen) atoms. The van der Waals surface area contributed by atoms with Crippen molar-refractivity contribution in [3.63, 3.8) is 0 Å². The van der Waals surface area contributed by atoms with Gasteiger partial charge in [0.15, 0.2) is 6.04 Å². The van der Waals surface area contributed by atoms with Gasteiger partial charge in [0, 0.05) is 91.3 Å². The summed E-state index contributed by atoms with van der Waals surface area (Å²) in [4.78, 5) is 88.9. The molecule has 0 saturated heterocycles. The molecule has 1 aliphatic heterocycles. The molecule has 2 unspecified atom stereocenters. The number of ether oxygens (including phenoxy) is 3. The lowest BCUT2D eigenvalue weighted by molar-refractivity contribution is -0.174. The van der Waals surface area contributed by atoms with E-state index >= 15 is 0 Å². The molecule has 23 heteroatoms. The normalized spacial score (nSPS) is 26.3. The number of thiazole rings is 1. The van der Waals surface area contributed by atoms with Crippen LogP contribution in [0.4, 0.5) is 4.79 Å². The van der Waals surface area contributed by atoms with Crippen LogP contribution in [0.25, 0.3) is 23.4 Å². The van der Waals surface area contributed by atoms with E-state index in [4.69, 9.17) is 14.2 Å². The van der Waals surface area contributed by atoms with Crippen LogP contribution in [0, 0.1) is 53.3 Å². The molecule has 21 nitrogen and oxygen atoms in total. The Hall–Kier alpha value is -5.85. The number of carbonyl (C=O) groups excluding carboxylic acids is 4. The van der Waals surface area contributed by atoms with E-state index in [1.165, 1.54) is 32.9 Å². The highest BCUT2D eigenvalue weighted by molar-refractivity contribution is 8.15. The molecule has 490 valence electrons. The smallest absolute Gasteiger partial charge is 0.415 e. The zero-order chi connectivity index (χ0) is 64.7. The number of aliphatic imine (C=N–C) groups is 1. The maximum Gasteiger partial charge on any atom is 0.415 e. The van der Waals surface area contributed by atoms with Gasteiger partial charge in [-0.1, -0.05) is 47.8 Å². The first-order chi connectivity index (χ1) is 42.1. The number of thioether (sulfide) groups is 1. The average Bonchev–Trinajstić information content (AvgIpc) is 1.73. The number of carbonyl (C=O) groups is 6. The first kappa shape index (κ1) is 69.0. The van der Waals surface area contributed by atoms with Crippen LogP contribution in [0.3, 0.4) is 0 Å². The van der Waals surface area contributed by atoms with Gasteiger partial charge in [0.2, 0.25) is 17.7 Å². The Labute approximate surface area is 530 Å². The van der Waals surface area contributed by atoms with Crippen LogP contribution in [0.15, 0.2) is 23.2 Å². The first-order valence-corrected chi connectivity index (χ1v) is 33.5. The third-order valence-corrected chi connectivity index (χ3v) is 22.9. The summed E-state index contributed by atoms with van der Waals surface area (Å²) in [6.45, 7) is 21.1. The Bertz CT molecular complexity index is 3210. The van der Waals surface area contributed by atoms with Crippen LogP contribution in [0.5, 0.6) is 17.2 Å². The number of aliphatic hydroxyl groups is 2. The number of hydrogen-bond donors (Lipinski definition) is 8. The molecule has 4 saturated carbocycles. The van der Waals surface area contributed by atoms with Gasteiger partial charge >= 0.3 is 18.0 Å². The van der Waals surface area contributed by atoms with E-state index < -0.39 is 35.5 Å². The fourth-order valence-corrected chi connectivity index (χ4v) is 17.6. The quantitative estimate of drug-likeness (QED) is 0.0254. The molecule has 8 rings (SSSR count). The van der Waals surface area contributed by atoms with Crippen LogP contribution in [0.1, 0.15) is 147 Å². The molecular formula is C66H94N6O15S2. The maximum absolute atomic E-state index is 13.9. The second-order valence-electron chi connectivity index (χ2n) is 26.9. The largest absolute Gasteiger partial charge is 0.507 e. The predicted molar refractivity (Wildman–Crippen MR) is 341 cm³/mol. The van der Waals surface area contributed by atoms with Crippen molar-refractivity contribution in [2.45, 2.75) is 168 Å². The molecule has 4 aliphatic carbocycles. The molecule has 5 aliphatic rings. The van der Waals surface area contributed by atoms with Crippen molar-refractivity contribution in [3.8, 4) is 17.2 Å². The second kappa shape index (κ2) is 29.6. The van der Waals surface area contributed by atoms with Crippen molar-refractivity contribution < 1.29 is 73.6 Å². The van der Waals surface area contributed by atoms with Gasteiger partial charge in [0.05, 0.1) is 48.9 Å². The molecule has 12 atom stereocenters. The number of aliphatic hydroxyl groups excluding tert-OH is 2. The molecule has 2 heterocycles. The number of fused-ring (bicyclic) bond motifs is 6. The summed E-state index contributed by atoms with van der Waals surface area (Å²) >= 11 is 2.61. The van der Waals surface area contributed by atoms with Crippen molar-refractivity contribution >= 4 is 87.3 Å². The van der Waals surface area contributed by atoms with Gasteiger partial charge in [0.25, 0.3) is 0 Å². The van der Waals surface area contributed by atoms with Crippen molar-refractivity contribution in [1.82, 2.24) is 25.4 Å². The molecule has 0 radical (unpaired) electrons. The number of phenolic OH excluding ortho intramolecular Hbond substituents is 2. The number of carboxylic acids is 2. The summed E-state index contributed by atoms with van der Waals surface area (Å²) in [5, 5.41) is 70.4. The van der Waals surface area contributed by atoms with Crippen LogP contribution < -0.4 is 25.8 Å². The third kappa shape index (κ3) is 16.1. The van der Waals surface area contributed by atoms with E-state index in [1.54, 1.807) is 46.0 Å². The van der Waals surface area contributed by atoms with Crippen LogP contribution in [-0.4, -0.2) is 176 Å². The van der Waals surface area contributed by atoms with Gasteiger partial charge in [-0.15, -0.1) is 23.1 Å². The highest BCUT2D eigenvalue weighted by atomic mass is 32.2. The number of amides is 4. The number of aliphatic carboxylic acids is 2. The Morgan fingerprint density at radius 2 is 1.57 bits per heavy atom. The molecule has 2 aromatic carbocycles. The Kier molecular flexibility index (Phi) is 23.0. The lowest BCUT2D eigenvalue weighted by atomic mass is 9.43. The van der Waals surface area contributed by atoms with E-state index in [0.29, 0.717) is 86.6 Å². The minimum atomic E-state index is -1.10. The molecule has 8 N–H and O–H groups in total. The number of phenols is 2. The highest BCUT2D eigenvalue weighted by Crippen LogP contribution is 2.68. The van der Waals surface area contributed by atoms with E-state index in [2.05, 4.69) is 54.5 Å². The Balaban J connectivity index is 0.732. The summed E-state index contributed by atoms with van der Waals surface area (Å²) in [5.41, 5.74) is 0.600. The number of hydrogen-bond acceptors (Lipinski definition) is 17. The lowest BCUT2D eigenvalue weighted by Gasteiger charge is -2.62. The Morgan fingerprint density at radius 1 is 0.854 bits per heavy atom. The zero-order valence-corrected chi connectivity index (χ0v) is 54.5. The Morgan fingerprint density at radius 3 is 2.29 bits per heavy atom. The van der Waals surface area contributed by atoms with E-state index in [-0.39, 0.29) is 152 Å². The predicted octanol–water partition coefficient (Wildman–Crippen LogP) is 7.10. The number of nitrogens with zero attached hydrogens (tertiary/aromatic N) is 4. The molecule has 4 amide bonds. The topological polar surface area (TPSA) is 307 Å². The molecule has 1 aromatic heterocycles. The first-order valence-electron chi connectivity index (χ1n) is 31.7. The van der Waals surface area contributed by atoms with E-state index in [0.717, 1.165) is 51.4 Å². The van der Waals surface area contributed by atoms with E-state index in [1.807, 2.05) is 0 Å². The van der Waals surface area contributed by atoms with Gasteiger partial charge in [-0.25, -0.2) is 19.4 Å². The van der Waals surface area contributed by atoms with Crippen molar-refractivity contribution in [3.05, 3.63) is 44.8 Å². The SMILES string of the molecule is C=c1c(C)c(O)c(=C)c(C(C)(C)CC(=O)N(C)CCN(CCOCCOCCC(=O)NCCCCC(NC(=O)CC[C@@H](C)[C@H]2CC[C@H]3[C@@H]4[C@@H](O)C[C@@H]5C[C@H](O)CC[C@]5(C)[C@H]4CC[C@]23C)C(=O)O)C(=O)Oc2ccc3nc(C4=NC(C(=O)O)CS4)sc3c2)c1O. The van der Waals surface area contributed by atoms with Gasteiger partial charge in [0.1, 0.15) is 33.3 Å². The zero-order valence-electron chi connectivity index (χ0n) is 52.9. The van der Waals surface area contributed by atoms with Gasteiger partial charge in [-0.2, -0.15) is 0 Å². The number of benzene rings is 2. The van der Waals surface area contributed by atoms with E-state index in [9.17, 15) is 59.4 Å². The number of aromatic nitrogens is 1.